The monoisotopic (exact) mass is 340 g/mol. The molecule has 1 saturated carbocycles. The second kappa shape index (κ2) is 6.19. The van der Waals surface area contributed by atoms with Gasteiger partial charge < -0.3 is 18.8 Å². The molecule has 0 bridgehead atoms. The molecule has 0 radical (unpaired) electrons. The Kier molecular flexibility index (Phi) is 4.51. The van der Waals surface area contributed by atoms with Gasteiger partial charge in [-0.3, -0.25) is 0 Å². The zero-order valence-corrected chi connectivity index (χ0v) is 14.5. The van der Waals surface area contributed by atoms with Crippen LogP contribution in [0.5, 0.6) is 11.5 Å². The van der Waals surface area contributed by atoms with Gasteiger partial charge in [-0.05, 0) is 64.1 Å². The molecule has 0 amide bonds. The fraction of sp³-hybridized carbons (Fsp3) is 0.647. The lowest BCUT2D eigenvalue weighted by Gasteiger charge is -2.32. The van der Waals surface area contributed by atoms with E-state index in [9.17, 15) is 8.78 Å². The minimum Gasteiger partial charge on any atom is -0.489 e. The molecule has 1 aliphatic carbocycles. The Bertz CT molecular complexity index is 586. The van der Waals surface area contributed by atoms with Crippen LogP contribution in [-0.2, 0) is 9.31 Å². The third kappa shape index (κ3) is 3.67. The van der Waals surface area contributed by atoms with Crippen molar-refractivity contribution in [3.63, 3.8) is 0 Å². The highest BCUT2D eigenvalue weighted by Crippen LogP contribution is 2.38. The maximum absolute atomic E-state index is 12.6. The van der Waals surface area contributed by atoms with E-state index in [4.69, 9.17) is 14.0 Å². The predicted molar refractivity (Wildman–Crippen MR) is 87.0 cm³/mol. The molecule has 24 heavy (non-hydrogen) atoms. The molecule has 1 saturated heterocycles. The van der Waals surface area contributed by atoms with Crippen LogP contribution < -0.4 is 14.9 Å². The van der Waals surface area contributed by atoms with E-state index in [1.54, 1.807) is 12.1 Å². The Labute approximate surface area is 141 Å². The van der Waals surface area contributed by atoms with E-state index in [0.717, 1.165) is 18.3 Å². The first-order valence-corrected chi connectivity index (χ1v) is 8.25. The SMILES string of the molecule is CC1(C)OB(c2ccc(OC(F)F)c(OCC3CC3)c2)OC1(C)C. The number of benzene rings is 1. The number of hydrogen-bond acceptors (Lipinski definition) is 4. The molecule has 7 heteroatoms. The van der Waals surface area contributed by atoms with E-state index in [0.29, 0.717) is 18.3 Å². The zero-order valence-electron chi connectivity index (χ0n) is 14.5. The largest absolute Gasteiger partial charge is 0.494 e. The van der Waals surface area contributed by atoms with Gasteiger partial charge in [0.25, 0.3) is 0 Å². The van der Waals surface area contributed by atoms with Crippen LogP contribution in [0, 0.1) is 5.92 Å². The van der Waals surface area contributed by atoms with Crippen molar-refractivity contribution >= 4 is 12.6 Å². The summed E-state index contributed by atoms with van der Waals surface area (Å²) < 4.78 is 47.4. The van der Waals surface area contributed by atoms with Crippen molar-refractivity contribution in [2.24, 2.45) is 5.92 Å². The average molecular weight is 340 g/mol. The van der Waals surface area contributed by atoms with Gasteiger partial charge in [-0.1, -0.05) is 6.07 Å². The first-order chi connectivity index (χ1) is 11.2. The van der Waals surface area contributed by atoms with Crippen LogP contribution in [0.1, 0.15) is 40.5 Å². The van der Waals surface area contributed by atoms with Crippen molar-refractivity contribution in [3.8, 4) is 11.5 Å². The van der Waals surface area contributed by atoms with E-state index in [1.807, 2.05) is 27.7 Å². The fourth-order valence-electron chi connectivity index (χ4n) is 2.45. The smallest absolute Gasteiger partial charge is 0.489 e. The highest BCUT2D eigenvalue weighted by molar-refractivity contribution is 6.62. The normalized spacial score (nSPS) is 22.0. The summed E-state index contributed by atoms with van der Waals surface area (Å²) in [6, 6.07) is 4.82. The summed E-state index contributed by atoms with van der Waals surface area (Å²) in [5, 5.41) is 0. The molecule has 1 heterocycles. The summed E-state index contributed by atoms with van der Waals surface area (Å²) in [7, 11) is -0.570. The highest BCUT2D eigenvalue weighted by atomic mass is 19.3. The molecular weight excluding hydrogens is 317 g/mol. The topological polar surface area (TPSA) is 36.9 Å². The molecule has 1 aromatic rings. The molecule has 2 fully saturated rings. The lowest BCUT2D eigenvalue weighted by molar-refractivity contribution is -0.0515. The summed E-state index contributed by atoms with van der Waals surface area (Å²) in [6.07, 6.45) is 2.23. The Morgan fingerprint density at radius 2 is 1.75 bits per heavy atom. The average Bonchev–Trinajstić information content (AvgIpc) is 3.25. The molecule has 0 atom stereocenters. The second-order valence-electron chi connectivity index (χ2n) is 7.43. The van der Waals surface area contributed by atoms with E-state index < -0.39 is 24.9 Å². The molecule has 2 aliphatic rings. The standard InChI is InChI=1S/C17H23BF2O4/c1-16(2)17(3,4)24-18(23-16)12-7-8-13(22-15(19)20)14(9-12)21-10-11-5-6-11/h7-9,11,15H,5-6,10H2,1-4H3. The lowest BCUT2D eigenvalue weighted by Crippen LogP contribution is -2.41. The molecule has 1 aromatic carbocycles. The van der Waals surface area contributed by atoms with Crippen molar-refractivity contribution < 1.29 is 27.6 Å². The van der Waals surface area contributed by atoms with Crippen molar-refractivity contribution in [1.29, 1.82) is 0 Å². The first kappa shape index (κ1) is 17.5. The van der Waals surface area contributed by atoms with Crippen molar-refractivity contribution in [2.75, 3.05) is 6.61 Å². The molecule has 0 N–H and O–H groups in total. The van der Waals surface area contributed by atoms with Crippen LogP contribution >= 0.6 is 0 Å². The van der Waals surface area contributed by atoms with Gasteiger partial charge in [0.05, 0.1) is 17.8 Å². The zero-order chi connectivity index (χ0) is 17.5. The molecule has 4 nitrogen and oxygen atoms in total. The summed E-state index contributed by atoms with van der Waals surface area (Å²) in [5.74, 6) is 0.838. The quantitative estimate of drug-likeness (QED) is 0.744. The third-order valence-corrected chi connectivity index (χ3v) is 4.88. The van der Waals surface area contributed by atoms with Crippen LogP contribution in [0.2, 0.25) is 0 Å². The van der Waals surface area contributed by atoms with Gasteiger partial charge in [0.15, 0.2) is 11.5 Å². The minimum absolute atomic E-state index is 0.0333. The van der Waals surface area contributed by atoms with Gasteiger partial charge >= 0.3 is 13.7 Å². The number of rotatable bonds is 6. The number of halogens is 2. The van der Waals surface area contributed by atoms with Gasteiger partial charge in [0, 0.05) is 0 Å². The Morgan fingerprint density at radius 3 is 2.29 bits per heavy atom. The Morgan fingerprint density at radius 1 is 1.12 bits per heavy atom. The molecule has 1 aliphatic heterocycles. The minimum atomic E-state index is -2.89. The summed E-state index contributed by atoms with van der Waals surface area (Å²) in [4.78, 5) is 0. The number of ether oxygens (including phenoxy) is 2. The third-order valence-electron chi connectivity index (χ3n) is 4.88. The summed E-state index contributed by atoms with van der Waals surface area (Å²) in [5.41, 5.74) is -0.212. The summed E-state index contributed by atoms with van der Waals surface area (Å²) >= 11 is 0. The van der Waals surface area contributed by atoms with Gasteiger partial charge in [-0.15, -0.1) is 0 Å². The van der Waals surface area contributed by atoms with Crippen molar-refractivity contribution in [3.05, 3.63) is 18.2 Å². The predicted octanol–water partition coefficient (Wildman–Crippen LogP) is 3.38. The molecule has 0 spiro atoms. The van der Waals surface area contributed by atoms with Gasteiger partial charge in [-0.2, -0.15) is 8.78 Å². The highest BCUT2D eigenvalue weighted by Gasteiger charge is 2.51. The van der Waals surface area contributed by atoms with Crippen molar-refractivity contribution in [1.82, 2.24) is 0 Å². The number of alkyl halides is 2. The fourth-order valence-corrected chi connectivity index (χ4v) is 2.45. The summed E-state index contributed by atoms with van der Waals surface area (Å²) in [6.45, 7) is 5.47. The lowest BCUT2D eigenvalue weighted by atomic mass is 9.79. The van der Waals surface area contributed by atoms with Gasteiger partial charge in [-0.25, -0.2) is 0 Å². The molecular formula is C17H23BF2O4. The van der Waals surface area contributed by atoms with E-state index in [1.165, 1.54) is 6.07 Å². The first-order valence-electron chi connectivity index (χ1n) is 8.25. The van der Waals surface area contributed by atoms with Crippen LogP contribution in [0.3, 0.4) is 0 Å². The van der Waals surface area contributed by atoms with E-state index >= 15 is 0 Å². The molecule has 132 valence electrons. The maximum Gasteiger partial charge on any atom is 0.494 e. The van der Waals surface area contributed by atoms with Gasteiger partial charge in [0.1, 0.15) is 0 Å². The van der Waals surface area contributed by atoms with Crippen LogP contribution in [-0.4, -0.2) is 31.5 Å². The van der Waals surface area contributed by atoms with Gasteiger partial charge in [0.2, 0.25) is 0 Å². The molecule has 0 aromatic heterocycles. The number of hydrogen-bond donors (Lipinski definition) is 0. The maximum atomic E-state index is 12.6. The second-order valence-corrected chi connectivity index (χ2v) is 7.43. The van der Waals surface area contributed by atoms with E-state index in [-0.39, 0.29) is 5.75 Å². The Balaban J connectivity index is 1.82. The van der Waals surface area contributed by atoms with Crippen LogP contribution in [0.25, 0.3) is 0 Å². The van der Waals surface area contributed by atoms with Crippen LogP contribution in [0.15, 0.2) is 18.2 Å². The molecule has 3 rings (SSSR count). The Hall–Kier alpha value is -1.34. The van der Waals surface area contributed by atoms with Crippen LogP contribution in [0.4, 0.5) is 8.78 Å². The van der Waals surface area contributed by atoms with E-state index in [2.05, 4.69) is 4.74 Å². The van der Waals surface area contributed by atoms with Crippen molar-refractivity contribution in [2.45, 2.75) is 58.4 Å². The molecule has 0 unspecified atom stereocenters.